The molecule has 0 aromatic heterocycles. The van der Waals surface area contributed by atoms with Gasteiger partial charge in [-0.2, -0.15) is 0 Å². The predicted molar refractivity (Wildman–Crippen MR) is 77.3 cm³/mol. The van der Waals surface area contributed by atoms with Gasteiger partial charge in [-0.15, -0.1) is 12.3 Å². The number of terminal acetylenes is 1. The van der Waals surface area contributed by atoms with Gasteiger partial charge in [0.1, 0.15) is 5.75 Å². The topological polar surface area (TPSA) is 43.4 Å². The van der Waals surface area contributed by atoms with Gasteiger partial charge in [-0.3, -0.25) is 0 Å². The third kappa shape index (κ3) is 4.15. The fraction of sp³-hybridized carbons (Fsp3) is 0.429. The quantitative estimate of drug-likeness (QED) is 0.475. The van der Waals surface area contributed by atoms with Gasteiger partial charge in [0, 0.05) is 17.1 Å². The Morgan fingerprint density at radius 3 is 2.53 bits per heavy atom. The second-order valence-electron chi connectivity index (χ2n) is 4.55. The van der Waals surface area contributed by atoms with Crippen LogP contribution >= 0.6 is 10.7 Å². The molecule has 0 unspecified atom stereocenters. The van der Waals surface area contributed by atoms with E-state index >= 15 is 0 Å². The molecule has 3 nitrogen and oxygen atoms in total. The molecule has 0 atom stereocenters. The highest BCUT2D eigenvalue weighted by molar-refractivity contribution is 8.13. The van der Waals surface area contributed by atoms with E-state index in [9.17, 15) is 8.42 Å². The van der Waals surface area contributed by atoms with Crippen molar-refractivity contribution < 1.29 is 13.2 Å². The van der Waals surface area contributed by atoms with Gasteiger partial charge in [-0.05, 0) is 36.1 Å². The molecule has 0 fully saturated rings. The minimum absolute atomic E-state index is 0.0270. The van der Waals surface area contributed by atoms with Crippen molar-refractivity contribution in [3.63, 3.8) is 0 Å². The largest absolute Gasteiger partial charge is 0.492 e. The van der Waals surface area contributed by atoms with Crippen LogP contribution in [0.2, 0.25) is 0 Å². The highest BCUT2D eigenvalue weighted by Crippen LogP contribution is 2.32. The Morgan fingerprint density at radius 1 is 1.42 bits per heavy atom. The summed E-state index contributed by atoms with van der Waals surface area (Å²) in [6.07, 6.45) is 5.67. The lowest BCUT2D eigenvalue weighted by Crippen LogP contribution is -2.04. The molecule has 0 radical (unpaired) electrons. The van der Waals surface area contributed by atoms with Gasteiger partial charge >= 0.3 is 0 Å². The summed E-state index contributed by atoms with van der Waals surface area (Å²) < 4.78 is 28.7. The predicted octanol–water partition coefficient (Wildman–Crippen LogP) is 3.45. The van der Waals surface area contributed by atoms with Crippen LogP contribution in [0.4, 0.5) is 0 Å². The van der Waals surface area contributed by atoms with Crippen molar-refractivity contribution >= 4 is 19.7 Å². The average Bonchev–Trinajstić information content (AvgIpc) is 2.29. The molecule has 104 valence electrons. The standard InChI is InChI=1S/C14H17ClO3S/c1-5-6-7-18-13-9-12(10(2)3)14(8-11(13)4)19(15,16)17/h1,8-10H,6-7H2,2-4H3. The zero-order valence-corrected chi connectivity index (χ0v) is 12.8. The number of hydrogen-bond acceptors (Lipinski definition) is 3. The third-order valence-corrected chi connectivity index (χ3v) is 4.07. The first kappa shape index (κ1) is 15.9. The normalized spacial score (nSPS) is 11.4. The maximum Gasteiger partial charge on any atom is 0.261 e. The van der Waals surface area contributed by atoms with E-state index in [-0.39, 0.29) is 10.8 Å². The lowest BCUT2D eigenvalue weighted by atomic mass is 10.0. The Morgan fingerprint density at radius 2 is 2.05 bits per heavy atom. The summed E-state index contributed by atoms with van der Waals surface area (Å²) in [5, 5.41) is 0. The van der Waals surface area contributed by atoms with Crippen LogP contribution in [0.5, 0.6) is 5.75 Å². The van der Waals surface area contributed by atoms with E-state index in [1.165, 1.54) is 0 Å². The van der Waals surface area contributed by atoms with Gasteiger partial charge in [0.2, 0.25) is 0 Å². The van der Waals surface area contributed by atoms with Crippen LogP contribution < -0.4 is 4.74 Å². The molecule has 5 heteroatoms. The second kappa shape index (κ2) is 6.31. The van der Waals surface area contributed by atoms with E-state index in [1.807, 2.05) is 13.8 Å². The second-order valence-corrected chi connectivity index (χ2v) is 7.09. The Hall–Kier alpha value is -1.18. The van der Waals surface area contributed by atoms with Crippen LogP contribution in [0.3, 0.4) is 0 Å². The molecule has 0 N–H and O–H groups in total. The van der Waals surface area contributed by atoms with E-state index in [0.717, 1.165) is 5.56 Å². The number of halogens is 1. The number of benzene rings is 1. The van der Waals surface area contributed by atoms with Crippen molar-refractivity contribution in [2.45, 2.75) is 38.0 Å². The summed E-state index contributed by atoms with van der Waals surface area (Å²) in [4.78, 5) is 0.144. The van der Waals surface area contributed by atoms with Crippen molar-refractivity contribution in [3.8, 4) is 18.1 Å². The highest BCUT2D eigenvalue weighted by atomic mass is 35.7. The monoisotopic (exact) mass is 300 g/mol. The molecule has 0 heterocycles. The van der Waals surface area contributed by atoms with Crippen LogP contribution in [0, 0.1) is 19.3 Å². The minimum atomic E-state index is -3.76. The first-order chi connectivity index (χ1) is 8.77. The fourth-order valence-electron chi connectivity index (χ4n) is 1.72. The van der Waals surface area contributed by atoms with Crippen LogP contribution in [0.15, 0.2) is 17.0 Å². The van der Waals surface area contributed by atoms with E-state index in [0.29, 0.717) is 24.3 Å². The minimum Gasteiger partial charge on any atom is -0.492 e. The lowest BCUT2D eigenvalue weighted by molar-refractivity contribution is 0.324. The summed E-state index contributed by atoms with van der Waals surface area (Å²) in [5.74, 6) is 3.16. The lowest BCUT2D eigenvalue weighted by Gasteiger charge is -2.15. The molecule has 1 rings (SSSR count). The molecule has 0 saturated heterocycles. The molecule has 0 aliphatic carbocycles. The van der Waals surface area contributed by atoms with Crippen molar-refractivity contribution in [2.24, 2.45) is 0 Å². The van der Waals surface area contributed by atoms with E-state index in [4.69, 9.17) is 21.8 Å². The maximum atomic E-state index is 11.6. The van der Waals surface area contributed by atoms with Gasteiger partial charge < -0.3 is 4.74 Å². The summed E-state index contributed by atoms with van der Waals surface area (Å²) in [6.45, 7) is 5.99. The Balaban J connectivity index is 3.26. The molecule has 19 heavy (non-hydrogen) atoms. The highest BCUT2D eigenvalue weighted by Gasteiger charge is 2.20. The van der Waals surface area contributed by atoms with Crippen molar-refractivity contribution in [2.75, 3.05) is 6.61 Å². The van der Waals surface area contributed by atoms with Gasteiger partial charge in [0.15, 0.2) is 0 Å². The maximum absolute atomic E-state index is 11.6. The smallest absolute Gasteiger partial charge is 0.261 e. The summed E-state index contributed by atoms with van der Waals surface area (Å²) in [7, 11) is 1.71. The molecule has 0 aliphatic heterocycles. The van der Waals surface area contributed by atoms with Crippen molar-refractivity contribution in [1.82, 2.24) is 0 Å². The molecule has 0 aliphatic rings. The SMILES string of the molecule is C#CCCOc1cc(C(C)C)c(S(=O)(=O)Cl)cc1C. The van der Waals surface area contributed by atoms with Crippen LogP contribution in [0.1, 0.15) is 37.3 Å². The van der Waals surface area contributed by atoms with Gasteiger partial charge in [0.25, 0.3) is 9.05 Å². The molecule has 0 spiro atoms. The van der Waals surface area contributed by atoms with Crippen LogP contribution in [-0.4, -0.2) is 15.0 Å². The Bertz CT molecular complexity index is 598. The number of hydrogen-bond donors (Lipinski definition) is 0. The van der Waals surface area contributed by atoms with Crippen molar-refractivity contribution in [3.05, 3.63) is 23.3 Å². The van der Waals surface area contributed by atoms with Gasteiger partial charge in [0.05, 0.1) is 11.5 Å². The first-order valence-electron chi connectivity index (χ1n) is 5.92. The molecule has 1 aromatic rings. The zero-order valence-electron chi connectivity index (χ0n) is 11.2. The van der Waals surface area contributed by atoms with E-state index in [2.05, 4.69) is 5.92 Å². The molecule has 1 aromatic carbocycles. The molecule has 0 bridgehead atoms. The third-order valence-electron chi connectivity index (χ3n) is 2.70. The summed E-state index contributed by atoms with van der Waals surface area (Å²) in [6, 6.07) is 3.27. The fourth-order valence-corrected chi connectivity index (χ4v) is 3.01. The molecule has 0 amide bonds. The van der Waals surface area contributed by atoms with Gasteiger partial charge in [-0.1, -0.05) is 13.8 Å². The average molecular weight is 301 g/mol. The first-order valence-corrected chi connectivity index (χ1v) is 8.23. The van der Waals surface area contributed by atoms with Crippen LogP contribution in [-0.2, 0) is 9.05 Å². The number of ether oxygens (including phenoxy) is 1. The molecule has 0 saturated carbocycles. The van der Waals surface area contributed by atoms with E-state index in [1.54, 1.807) is 19.1 Å². The van der Waals surface area contributed by atoms with Gasteiger partial charge in [-0.25, -0.2) is 8.42 Å². The van der Waals surface area contributed by atoms with Crippen molar-refractivity contribution in [1.29, 1.82) is 0 Å². The zero-order chi connectivity index (χ0) is 14.6. The van der Waals surface area contributed by atoms with Crippen LogP contribution in [0.25, 0.3) is 0 Å². The Kier molecular flexibility index (Phi) is 5.28. The van der Waals surface area contributed by atoms with E-state index < -0.39 is 9.05 Å². The number of aryl methyl sites for hydroxylation is 1. The number of rotatable bonds is 5. The summed E-state index contributed by atoms with van der Waals surface area (Å²) >= 11 is 0. The summed E-state index contributed by atoms with van der Waals surface area (Å²) in [5.41, 5.74) is 1.37. The Labute approximate surface area is 119 Å². The molecular formula is C14H17ClO3S. The molecular weight excluding hydrogens is 284 g/mol.